The van der Waals surface area contributed by atoms with Gasteiger partial charge in [0.05, 0.1) is 5.25 Å². The maximum Gasteiger partial charge on any atom is 0.238 e. The van der Waals surface area contributed by atoms with E-state index in [0.29, 0.717) is 18.8 Å². The van der Waals surface area contributed by atoms with Crippen LogP contribution in [0.25, 0.3) is 0 Å². The minimum absolute atomic E-state index is 0.173. The molecule has 0 bridgehead atoms. The van der Waals surface area contributed by atoms with Crippen LogP contribution in [0.4, 0.5) is 0 Å². The van der Waals surface area contributed by atoms with Gasteiger partial charge in [0.2, 0.25) is 5.91 Å². The zero-order valence-electron chi connectivity index (χ0n) is 14.1. The van der Waals surface area contributed by atoms with E-state index in [-0.39, 0.29) is 23.7 Å². The monoisotopic (exact) mass is 347 g/mol. The highest BCUT2D eigenvalue weighted by Gasteiger charge is 2.43. The summed E-state index contributed by atoms with van der Waals surface area (Å²) in [6.07, 6.45) is 5.49. The Morgan fingerprint density at radius 1 is 1.12 bits per heavy atom. The van der Waals surface area contributed by atoms with Crippen molar-refractivity contribution in [1.29, 1.82) is 0 Å². The summed E-state index contributed by atoms with van der Waals surface area (Å²) >= 11 is 0. The smallest absolute Gasteiger partial charge is 0.238 e. The van der Waals surface area contributed by atoms with E-state index in [0.717, 1.165) is 24.0 Å². The van der Waals surface area contributed by atoms with Crippen LogP contribution >= 0.6 is 0 Å². The van der Waals surface area contributed by atoms with Crippen LogP contribution in [0.5, 0.6) is 0 Å². The Bertz CT molecular complexity index is 725. The second-order valence-corrected chi connectivity index (χ2v) is 10.00. The van der Waals surface area contributed by atoms with E-state index in [9.17, 15) is 13.2 Å². The zero-order valence-corrected chi connectivity index (χ0v) is 15.0. The molecule has 0 aliphatic heterocycles. The Morgan fingerprint density at radius 3 is 2.21 bits per heavy atom. The summed E-state index contributed by atoms with van der Waals surface area (Å²) in [4.78, 5) is 14.7. The number of amides is 1. The molecule has 5 heteroatoms. The van der Waals surface area contributed by atoms with Gasteiger partial charge in [-0.3, -0.25) is 4.79 Å². The van der Waals surface area contributed by atoms with Crippen LogP contribution in [0.15, 0.2) is 24.3 Å². The van der Waals surface area contributed by atoms with Crippen molar-refractivity contribution in [3.8, 4) is 0 Å². The van der Waals surface area contributed by atoms with Crippen molar-refractivity contribution in [2.45, 2.75) is 62.8 Å². The lowest BCUT2D eigenvalue weighted by molar-refractivity contribution is -0.131. The molecule has 24 heavy (non-hydrogen) atoms. The van der Waals surface area contributed by atoms with Gasteiger partial charge in [0.25, 0.3) is 0 Å². The average molecular weight is 347 g/mol. The van der Waals surface area contributed by atoms with Gasteiger partial charge in [-0.25, -0.2) is 8.42 Å². The molecule has 0 N–H and O–H groups in total. The SMILES string of the molecule is C[C@@H](C1CC1)N(C(=O)CS(=O)(=O)C1Cc2ccccc2C1)C1CC1. The van der Waals surface area contributed by atoms with Crippen molar-refractivity contribution in [2.75, 3.05) is 5.75 Å². The molecule has 0 spiro atoms. The molecule has 2 fully saturated rings. The molecule has 0 aromatic heterocycles. The first-order chi connectivity index (χ1) is 11.5. The number of rotatable bonds is 6. The molecule has 0 unspecified atom stereocenters. The van der Waals surface area contributed by atoms with Gasteiger partial charge in [-0.2, -0.15) is 0 Å². The first-order valence-electron chi connectivity index (χ1n) is 9.05. The van der Waals surface area contributed by atoms with Gasteiger partial charge in [0, 0.05) is 12.1 Å². The summed E-state index contributed by atoms with van der Waals surface area (Å²) in [6.45, 7) is 2.09. The van der Waals surface area contributed by atoms with Crippen molar-refractivity contribution in [2.24, 2.45) is 5.92 Å². The second-order valence-electron chi connectivity index (χ2n) is 7.72. The lowest BCUT2D eigenvalue weighted by Gasteiger charge is -2.30. The van der Waals surface area contributed by atoms with E-state index >= 15 is 0 Å². The van der Waals surface area contributed by atoms with Crippen LogP contribution in [0.3, 0.4) is 0 Å². The second kappa shape index (κ2) is 5.87. The summed E-state index contributed by atoms with van der Waals surface area (Å²) in [5, 5.41) is -0.434. The van der Waals surface area contributed by atoms with Crippen LogP contribution < -0.4 is 0 Å². The van der Waals surface area contributed by atoms with Crippen LogP contribution in [0.1, 0.15) is 43.7 Å². The fourth-order valence-corrected chi connectivity index (χ4v) is 5.65. The van der Waals surface area contributed by atoms with Crippen LogP contribution in [-0.4, -0.2) is 42.3 Å². The van der Waals surface area contributed by atoms with Gasteiger partial charge in [0.1, 0.15) is 5.75 Å². The van der Waals surface area contributed by atoms with Crippen molar-refractivity contribution in [3.05, 3.63) is 35.4 Å². The van der Waals surface area contributed by atoms with Crippen molar-refractivity contribution in [3.63, 3.8) is 0 Å². The maximum atomic E-state index is 12.8. The Hall–Kier alpha value is -1.36. The minimum atomic E-state index is -3.41. The highest BCUT2D eigenvalue weighted by Crippen LogP contribution is 2.40. The molecule has 0 heterocycles. The molecule has 3 aliphatic carbocycles. The number of nitrogens with zero attached hydrogens (tertiary/aromatic N) is 1. The summed E-state index contributed by atoms with van der Waals surface area (Å²) in [5.41, 5.74) is 2.23. The Kier molecular flexibility index (Phi) is 3.94. The van der Waals surface area contributed by atoms with Crippen LogP contribution in [-0.2, 0) is 27.5 Å². The van der Waals surface area contributed by atoms with E-state index in [1.165, 1.54) is 12.8 Å². The summed E-state index contributed by atoms with van der Waals surface area (Å²) in [5.74, 6) is 0.0833. The fourth-order valence-electron chi connectivity index (χ4n) is 4.06. The molecule has 4 nitrogen and oxygen atoms in total. The fraction of sp³-hybridized carbons (Fsp3) is 0.632. The normalized spacial score (nSPS) is 22.2. The molecule has 130 valence electrons. The first-order valence-corrected chi connectivity index (χ1v) is 10.8. The summed E-state index contributed by atoms with van der Waals surface area (Å²) < 4.78 is 25.6. The van der Waals surface area contributed by atoms with Gasteiger partial charge in [-0.15, -0.1) is 0 Å². The third kappa shape index (κ3) is 3.10. The van der Waals surface area contributed by atoms with E-state index in [4.69, 9.17) is 0 Å². The molecular formula is C19H25NO3S. The average Bonchev–Trinajstić information content (AvgIpc) is 3.44. The Labute approximate surface area is 144 Å². The topological polar surface area (TPSA) is 54.5 Å². The summed E-state index contributed by atoms with van der Waals surface area (Å²) in [7, 11) is -3.41. The number of carbonyl (C=O) groups is 1. The van der Waals surface area contributed by atoms with Crippen molar-refractivity contribution in [1.82, 2.24) is 4.90 Å². The molecule has 1 aromatic rings. The van der Waals surface area contributed by atoms with E-state index < -0.39 is 15.1 Å². The first kappa shape index (κ1) is 16.1. The predicted octanol–water partition coefficient (Wildman–Crippen LogP) is 2.36. The Morgan fingerprint density at radius 2 is 1.71 bits per heavy atom. The van der Waals surface area contributed by atoms with Crippen molar-refractivity contribution >= 4 is 15.7 Å². The molecule has 1 amide bonds. The molecule has 0 saturated heterocycles. The Balaban J connectivity index is 1.46. The van der Waals surface area contributed by atoms with Gasteiger partial charge in [0.15, 0.2) is 9.84 Å². The third-order valence-corrected chi connectivity index (χ3v) is 7.82. The molecular weight excluding hydrogens is 322 g/mol. The quantitative estimate of drug-likeness (QED) is 0.794. The lowest BCUT2D eigenvalue weighted by Crippen LogP contribution is -2.45. The van der Waals surface area contributed by atoms with Gasteiger partial charge in [-0.1, -0.05) is 24.3 Å². The predicted molar refractivity (Wildman–Crippen MR) is 93.5 cm³/mol. The number of benzene rings is 1. The molecule has 1 atom stereocenters. The highest BCUT2D eigenvalue weighted by molar-refractivity contribution is 7.92. The number of carbonyl (C=O) groups excluding carboxylic acids is 1. The van der Waals surface area contributed by atoms with Gasteiger partial charge < -0.3 is 4.90 Å². The number of fused-ring (bicyclic) bond motifs is 1. The lowest BCUT2D eigenvalue weighted by atomic mass is 10.1. The standard InChI is InChI=1S/C19H25NO3S/c1-13(14-6-7-14)20(17-8-9-17)19(21)12-24(22,23)18-10-15-4-2-3-5-16(15)11-18/h2-5,13-14,17-18H,6-12H2,1H3/t13-/m0/s1. The summed E-state index contributed by atoms with van der Waals surface area (Å²) in [6, 6.07) is 8.37. The van der Waals surface area contributed by atoms with Gasteiger partial charge >= 0.3 is 0 Å². The molecule has 3 aliphatic rings. The molecule has 4 rings (SSSR count). The number of hydrogen-bond acceptors (Lipinski definition) is 3. The van der Waals surface area contributed by atoms with E-state index in [1.54, 1.807) is 0 Å². The zero-order chi connectivity index (χ0) is 16.9. The highest BCUT2D eigenvalue weighted by atomic mass is 32.2. The molecule has 1 aromatic carbocycles. The molecule has 0 radical (unpaired) electrons. The number of sulfone groups is 1. The van der Waals surface area contributed by atoms with Gasteiger partial charge in [-0.05, 0) is 62.5 Å². The maximum absolute atomic E-state index is 12.8. The third-order valence-electron chi connectivity index (χ3n) is 5.82. The largest absolute Gasteiger partial charge is 0.336 e. The number of hydrogen-bond donors (Lipinski definition) is 0. The van der Waals surface area contributed by atoms with Crippen LogP contribution in [0, 0.1) is 5.92 Å². The van der Waals surface area contributed by atoms with E-state index in [1.807, 2.05) is 29.2 Å². The minimum Gasteiger partial charge on any atom is -0.336 e. The molecule has 2 saturated carbocycles. The van der Waals surface area contributed by atoms with Crippen LogP contribution in [0.2, 0.25) is 0 Å². The van der Waals surface area contributed by atoms with Crippen molar-refractivity contribution < 1.29 is 13.2 Å². The van der Waals surface area contributed by atoms with E-state index in [2.05, 4.69) is 6.92 Å².